The minimum Gasteiger partial charge on any atom is -0.284 e. The Kier molecular flexibility index (Phi) is 3.25. The molecule has 1 aromatic carbocycles. The van der Waals surface area contributed by atoms with Crippen LogP contribution in [0.15, 0.2) is 24.3 Å². The maximum atomic E-state index is 11.0. The largest absolute Gasteiger partial charge is 0.318 e. The van der Waals surface area contributed by atoms with Crippen LogP contribution in [0.5, 0.6) is 0 Å². The topological polar surface area (TPSA) is 75.5 Å². The zero-order valence-corrected chi connectivity index (χ0v) is 9.11. The molecule has 0 aliphatic heterocycles. The molecule has 0 amide bonds. The van der Waals surface area contributed by atoms with Crippen LogP contribution in [0.2, 0.25) is 0 Å². The Morgan fingerprint density at radius 2 is 2.07 bits per heavy atom. The molecule has 0 spiro atoms. The molecule has 7 heteroatoms. The van der Waals surface area contributed by atoms with Gasteiger partial charge in [-0.3, -0.25) is 4.72 Å². The van der Waals surface area contributed by atoms with Gasteiger partial charge in [0.25, 0.3) is 4.92 Å². The van der Waals surface area contributed by atoms with E-state index in [0.29, 0.717) is 5.69 Å². The zero-order chi connectivity index (χ0) is 11.5. The molecule has 0 atom stereocenters. The van der Waals surface area contributed by atoms with Crippen LogP contribution in [-0.2, 0) is 14.9 Å². The Hall–Kier alpha value is -1.63. The van der Waals surface area contributed by atoms with Gasteiger partial charge < -0.3 is 0 Å². The van der Waals surface area contributed by atoms with Gasteiger partial charge in [-0.1, -0.05) is 6.07 Å². The van der Waals surface area contributed by atoms with Crippen molar-refractivity contribution < 1.29 is 18.2 Å². The van der Waals surface area contributed by atoms with Crippen molar-refractivity contribution in [3.8, 4) is 0 Å². The van der Waals surface area contributed by atoms with Crippen LogP contribution in [-0.4, -0.2) is 26.7 Å². The lowest BCUT2D eigenvalue weighted by molar-refractivity contribution is -0.736. The van der Waals surface area contributed by atoms with Gasteiger partial charge in [0.05, 0.1) is 16.9 Å². The third-order valence-corrected chi connectivity index (χ3v) is 2.13. The van der Waals surface area contributed by atoms with E-state index in [1.165, 1.54) is 25.3 Å². The summed E-state index contributed by atoms with van der Waals surface area (Å²) in [7, 11) is -2.11. The minimum atomic E-state index is -3.34. The molecule has 1 aromatic rings. The van der Waals surface area contributed by atoms with Crippen LogP contribution in [0.25, 0.3) is 0 Å². The van der Waals surface area contributed by atoms with E-state index in [1.54, 1.807) is 6.07 Å². The number of rotatable bonds is 4. The molecule has 0 fully saturated rings. The Labute approximate surface area is 87.4 Å². The van der Waals surface area contributed by atoms with E-state index in [-0.39, 0.29) is 10.6 Å². The second-order valence-electron chi connectivity index (χ2n) is 2.86. The quantitative estimate of drug-likeness (QED) is 0.785. The predicted molar refractivity (Wildman–Crippen MR) is 55.2 cm³/mol. The van der Waals surface area contributed by atoms with E-state index < -0.39 is 10.0 Å². The Morgan fingerprint density at radius 3 is 2.60 bits per heavy atom. The van der Waals surface area contributed by atoms with Crippen molar-refractivity contribution in [2.75, 3.05) is 18.1 Å². The van der Waals surface area contributed by atoms with Crippen molar-refractivity contribution in [2.24, 2.45) is 0 Å². The summed E-state index contributed by atoms with van der Waals surface area (Å²) in [5, 5.41) is 0. The summed E-state index contributed by atoms with van der Waals surface area (Å²) in [6.07, 6.45) is 1.03. The summed E-state index contributed by atoms with van der Waals surface area (Å²) in [5.41, 5.74) is 0.527. The fourth-order valence-corrected chi connectivity index (χ4v) is 1.56. The molecule has 0 bridgehead atoms. The molecular weight excluding hydrogens is 220 g/mol. The Balaban J connectivity index is 2.98. The summed E-state index contributed by atoms with van der Waals surface area (Å²) in [5.74, 6) is 0. The summed E-state index contributed by atoms with van der Waals surface area (Å²) in [4.78, 5) is 15.8. The van der Waals surface area contributed by atoms with E-state index in [4.69, 9.17) is 0 Å². The first-order chi connectivity index (χ1) is 6.92. The van der Waals surface area contributed by atoms with Crippen LogP contribution >= 0.6 is 0 Å². The van der Waals surface area contributed by atoms with Gasteiger partial charge >= 0.3 is 5.69 Å². The van der Waals surface area contributed by atoms with E-state index >= 15 is 0 Å². The normalized spacial score (nSPS) is 10.8. The molecular formula is C8H11N2O4S+. The number of nitrogens with zero attached hydrogens (tertiary/aromatic N) is 1. The summed E-state index contributed by atoms with van der Waals surface area (Å²) >= 11 is 0. The molecule has 1 N–H and O–H groups in total. The summed E-state index contributed by atoms with van der Waals surface area (Å²) < 4.78 is 24.1. The zero-order valence-electron chi connectivity index (χ0n) is 8.30. The Morgan fingerprint density at radius 1 is 1.40 bits per heavy atom. The van der Waals surface area contributed by atoms with Crippen molar-refractivity contribution in [2.45, 2.75) is 0 Å². The molecule has 0 radical (unpaired) electrons. The number of benzene rings is 1. The van der Waals surface area contributed by atoms with E-state index in [9.17, 15) is 13.3 Å². The smallest absolute Gasteiger partial charge is 0.284 e. The minimum absolute atomic E-state index is 0.214. The highest BCUT2D eigenvalue weighted by Gasteiger charge is 2.14. The van der Waals surface area contributed by atoms with Gasteiger partial charge in [0, 0.05) is 12.1 Å². The molecule has 0 heterocycles. The molecule has 82 valence electrons. The first-order valence-electron chi connectivity index (χ1n) is 4.01. The van der Waals surface area contributed by atoms with Crippen LogP contribution in [0.1, 0.15) is 0 Å². The second kappa shape index (κ2) is 4.26. The summed E-state index contributed by atoms with van der Waals surface area (Å²) in [6, 6.07) is 5.96. The van der Waals surface area contributed by atoms with Crippen LogP contribution in [0.3, 0.4) is 0 Å². The third kappa shape index (κ3) is 3.55. The molecule has 0 aliphatic rings. The summed E-state index contributed by atoms with van der Waals surface area (Å²) in [6.45, 7) is 0. The highest BCUT2D eigenvalue weighted by atomic mass is 32.2. The second-order valence-corrected chi connectivity index (χ2v) is 4.61. The van der Waals surface area contributed by atoms with E-state index in [0.717, 1.165) is 6.26 Å². The number of nitrogens with one attached hydrogen (secondary N) is 1. The van der Waals surface area contributed by atoms with Gasteiger partial charge in [0.15, 0.2) is 7.11 Å². The van der Waals surface area contributed by atoms with Crippen LogP contribution < -0.4 is 4.72 Å². The van der Waals surface area contributed by atoms with Crippen molar-refractivity contribution in [3.05, 3.63) is 29.2 Å². The molecule has 0 unspecified atom stereocenters. The fraction of sp³-hybridized carbons (Fsp3) is 0.250. The molecule has 15 heavy (non-hydrogen) atoms. The molecule has 0 aliphatic carbocycles. The van der Waals surface area contributed by atoms with Crippen molar-refractivity contribution in [1.82, 2.24) is 0 Å². The lowest BCUT2D eigenvalue weighted by atomic mass is 10.3. The van der Waals surface area contributed by atoms with Gasteiger partial charge in [0.1, 0.15) is 0 Å². The number of anilines is 1. The van der Waals surface area contributed by atoms with E-state index in [2.05, 4.69) is 9.56 Å². The van der Waals surface area contributed by atoms with Gasteiger partial charge in [0.2, 0.25) is 10.0 Å². The lowest BCUT2D eigenvalue weighted by Gasteiger charge is -2.01. The average molecular weight is 231 g/mol. The van der Waals surface area contributed by atoms with Crippen molar-refractivity contribution in [3.63, 3.8) is 0 Å². The molecule has 0 aromatic heterocycles. The first kappa shape index (κ1) is 11.4. The predicted octanol–water partition coefficient (Wildman–Crippen LogP) is 1.03. The van der Waals surface area contributed by atoms with Crippen molar-refractivity contribution >= 4 is 21.4 Å². The Bertz CT molecular complexity index is 469. The first-order valence-corrected chi connectivity index (χ1v) is 5.91. The van der Waals surface area contributed by atoms with E-state index in [1.807, 2.05) is 0 Å². The van der Waals surface area contributed by atoms with Crippen molar-refractivity contribution in [1.29, 1.82) is 0 Å². The highest BCUT2D eigenvalue weighted by Crippen LogP contribution is 2.18. The molecule has 1 rings (SSSR count). The number of hydrogen-bond donors (Lipinski definition) is 1. The monoisotopic (exact) mass is 231 g/mol. The standard InChI is InChI=1S/C8H11N2O4S/c1-14-10(11)8-5-3-4-7(6-8)9-15(2,12)13/h3-6,9H,1-2H3/q+1. The SMILES string of the molecule is CO[N+](=O)c1cccc(NS(C)(=O)=O)c1. The number of hydrogen-bond acceptors (Lipinski definition) is 4. The maximum Gasteiger partial charge on any atom is 0.318 e. The molecule has 0 saturated heterocycles. The van der Waals surface area contributed by atoms with Gasteiger partial charge in [-0.2, -0.15) is 0 Å². The average Bonchev–Trinajstić information content (AvgIpc) is 2.14. The number of sulfonamides is 1. The van der Waals surface area contributed by atoms with Crippen LogP contribution in [0.4, 0.5) is 11.4 Å². The van der Waals surface area contributed by atoms with Gasteiger partial charge in [-0.15, -0.1) is 0 Å². The lowest BCUT2D eigenvalue weighted by Crippen LogP contribution is -2.09. The third-order valence-electron chi connectivity index (χ3n) is 1.53. The highest BCUT2D eigenvalue weighted by molar-refractivity contribution is 7.92. The fourth-order valence-electron chi connectivity index (χ4n) is 1.00. The maximum absolute atomic E-state index is 11.0. The molecule has 6 nitrogen and oxygen atoms in total. The van der Waals surface area contributed by atoms with Gasteiger partial charge in [-0.05, 0) is 6.07 Å². The van der Waals surface area contributed by atoms with Crippen LogP contribution in [0, 0.1) is 4.91 Å². The van der Waals surface area contributed by atoms with Gasteiger partial charge in [-0.25, -0.2) is 13.3 Å². The molecule has 0 saturated carbocycles.